The van der Waals surface area contributed by atoms with Crippen LogP contribution in [0.15, 0.2) is 30.5 Å². The molecule has 0 aliphatic carbocycles. The third kappa shape index (κ3) is 3.54. The molecule has 6 nitrogen and oxygen atoms in total. The van der Waals surface area contributed by atoms with Gasteiger partial charge in [-0.25, -0.2) is 0 Å². The zero-order chi connectivity index (χ0) is 13.8. The van der Waals surface area contributed by atoms with E-state index in [-0.39, 0.29) is 10.6 Å². The molecule has 0 radical (unpaired) electrons. The van der Waals surface area contributed by atoms with Crippen LogP contribution in [-0.2, 0) is 13.5 Å². The van der Waals surface area contributed by atoms with E-state index in [0.29, 0.717) is 6.54 Å². The van der Waals surface area contributed by atoms with Crippen LogP contribution >= 0.6 is 0 Å². The summed E-state index contributed by atoms with van der Waals surface area (Å²) in [5.74, 6) is 0. The predicted octanol–water partition coefficient (Wildman–Crippen LogP) is 2.29. The second-order valence-electron chi connectivity index (χ2n) is 4.47. The molecule has 19 heavy (non-hydrogen) atoms. The highest BCUT2D eigenvalue weighted by Crippen LogP contribution is 2.20. The van der Waals surface area contributed by atoms with Crippen LogP contribution in [0, 0.1) is 17.0 Å². The third-order valence-corrected chi connectivity index (χ3v) is 2.75. The Labute approximate surface area is 111 Å². The van der Waals surface area contributed by atoms with Crippen molar-refractivity contribution in [3.63, 3.8) is 0 Å². The molecule has 0 bridgehead atoms. The number of aryl methyl sites for hydroxylation is 2. The molecule has 2 rings (SSSR count). The number of nitrogens with one attached hydrogen (secondary N) is 1. The molecule has 0 saturated heterocycles. The van der Waals surface area contributed by atoms with Gasteiger partial charge in [-0.2, -0.15) is 5.10 Å². The molecule has 0 fully saturated rings. The van der Waals surface area contributed by atoms with Crippen LogP contribution in [0.4, 0.5) is 11.4 Å². The summed E-state index contributed by atoms with van der Waals surface area (Å²) in [5.41, 5.74) is 2.75. The van der Waals surface area contributed by atoms with Gasteiger partial charge < -0.3 is 5.32 Å². The van der Waals surface area contributed by atoms with E-state index in [1.54, 1.807) is 16.8 Å². The van der Waals surface area contributed by atoms with Gasteiger partial charge in [0.2, 0.25) is 0 Å². The Kier molecular flexibility index (Phi) is 3.79. The van der Waals surface area contributed by atoms with Gasteiger partial charge in [-0.1, -0.05) is 0 Å². The molecule has 0 unspecified atom stereocenters. The maximum atomic E-state index is 10.8. The quantitative estimate of drug-likeness (QED) is 0.661. The van der Waals surface area contributed by atoms with Crippen molar-refractivity contribution in [1.82, 2.24) is 9.78 Å². The summed E-state index contributed by atoms with van der Waals surface area (Å²) in [6.07, 6.45) is 2.68. The molecule has 0 amide bonds. The number of aromatic nitrogens is 2. The number of nitrogens with zero attached hydrogens (tertiary/aromatic N) is 3. The Balaban J connectivity index is 1.97. The van der Waals surface area contributed by atoms with Gasteiger partial charge in [-0.3, -0.25) is 14.8 Å². The normalized spacial score (nSPS) is 10.4. The van der Waals surface area contributed by atoms with Crippen molar-refractivity contribution in [2.24, 2.45) is 7.05 Å². The van der Waals surface area contributed by atoms with Gasteiger partial charge in [-0.05, 0) is 24.6 Å². The number of nitro groups is 1. The number of hydrogen-bond donors (Lipinski definition) is 1. The van der Waals surface area contributed by atoms with Gasteiger partial charge in [-0.15, -0.1) is 0 Å². The van der Waals surface area contributed by atoms with Gasteiger partial charge in [0.1, 0.15) is 0 Å². The number of benzene rings is 1. The van der Waals surface area contributed by atoms with Crippen molar-refractivity contribution in [2.75, 3.05) is 11.9 Å². The van der Waals surface area contributed by atoms with Gasteiger partial charge in [0.05, 0.1) is 10.6 Å². The number of hydrogen-bond acceptors (Lipinski definition) is 4. The minimum Gasteiger partial charge on any atom is -0.384 e. The predicted molar refractivity (Wildman–Crippen MR) is 73.2 cm³/mol. The second-order valence-corrected chi connectivity index (χ2v) is 4.47. The van der Waals surface area contributed by atoms with Crippen molar-refractivity contribution >= 4 is 11.4 Å². The van der Waals surface area contributed by atoms with Crippen molar-refractivity contribution in [1.29, 1.82) is 0 Å². The summed E-state index contributed by atoms with van der Waals surface area (Å²) in [6.45, 7) is 2.54. The number of nitro benzene ring substituents is 1. The molecule has 0 atom stereocenters. The standard InChI is InChI=1S/C13H16N4O2/c1-10-7-12(9-13(8-10)17(18)19)14-5-3-11-4-6-16(2)15-11/h4,6-9,14H,3,5H2,1-2H3. The van der Waals surface area contributed by atoms with Crippen LogP contribution in [0.5, 0.6) is 0 Å². The molecule has 0 aliphatic heterocycles. The molecule has 1 aromatic heterocycles. The molecular formula is C13H16N4O2. The van der Waals surface area contributed by atoms with Gasteiger partial charge in [0.15, 0.2) is 0 Å². The summed E-state index contributed by atoms with van der Waals surface area (Å²) in [4.78, 5) is 10.4. The highest BCUT2D eigenvalue weighted by Gasteiger charge is 2.07. The van der Waals surface area contributed by atoms with E-state index < -0.39 is 0 Å². The molecule has 6 heteroatoms. The SMILES string of the molecule is Cc1cc(NCCc2ccn(C)n2)cc([N+](=O)[O-])c1. The fourth-order valence-electron chi connectivity index (χ4n) is 1.90. The van der Waals surface area contributed by atoms with Gasteiger partial charge >= 0.3 is 0 Å². The van der Waals surface area contributed by atoms with Crippen LogP contribution in [0.3, 0.4) is 0 Å². The van der Waals surface area contributed by atoms with E-state index in [1.807, 2.05) is 32.3 Å². The Bertz CT molecular complexity index is 592. The Morgan fingerprint density at radius 2 is 2.21 bits per heavy atom. The first-order chi connectivity index (χ1) is 9.04. The molecule has 0 spiro atoms. The lowest BCUT2D eigenvalue weighted by Crippen LogP contribution is -2.06. The average Bonchev–Trinajstić information content (AvgIpc) is 2.74. The first kappa shape index (κ1) is 13.1. The molecule has 100 valence electrons. The van der Waals surface area contributed by atoms with E-state index in [0.717, 1.165) is 23.4 Å². The Morgan fingerprint density at radius 3 is 2.84 bits per heavy atom. The first-order valence-corrected chi connectivity index (χ1v) is 6.03. The number of rotatable bonds is 5. The summed E-state index contributed by atoms with van der Waals surface area (Å²) in [5, 5.41) is 18.2. The van der Waals surface area contributed by atoms with Gasteiger partial charge in [0.25, 0.3) is 5.69 Å². The monoisotopic (exact) mass is 260 g/mol. The van der Waals surface area contributed by atoms with E-state index >= 15 is 0 Å². The third-order valence-electron chi connectivity index (χ3n) is 2.75. The van der Waals surface area contributed by atoms with Crippen LogP contribution in [-0.4, -0.2) is 21.2 Å². The van der Waals surface area contributed by atoms with Crippen LogP contribution in [0.2, 0.25) is 0 Å². The molecular weight excluding hydrogens is 244 g/mol. The van der Waals surface area contributed by atoms with Crippen LogP contribution in [0.1, 0.15) is 11.3 Å². The van der Waals surface area contributed by atoms with Crippen LogP contribution < -0.4 is 5.32 Å². The molecule has 2 aromatic rings. The van der Waals surface area contributed by atoms with E-state index in [4.69, 9.17) is 0 Å². The molecule has 1 aromatic carbocycles. The van der Waals surface area contributed by atoms with E-state index in [2.05, 4.69) is 10.4 Å². The number of non-ortho nitro benzene ring substituents is 1. The van der Waals surface area contributed by atoms with E-state index in [9.17, 15) is 10.1 Å². The maximum Gasteiger partial charge on any atom is 0.271 e. The average molecular weight is 260 g/mol. The lowest BCUT2D eigenvalue weighted by molar-refractivity contribution is -0.384. The zero-order valence-corrected chi connectivity index (χ0v) is 11.0. The largest absolute Gasteiger partial charge is 0.384 e. The van der Waals surface area contributed by atoms with Crippen molar-refractivity contribution in [2.45, 2.75) is 13.3 Å². The first-order valence-electron chi connectivity index (χ1n) is 6.03. The molecule has 0 saturated carbocycles. The topological polar surface area (TPSA) is 73.0 Å². The fraction of sp³-hybridized carbons (Fsp3) is 0.308. The number of anilines is 1. The maximum absolute atomic E-state index is 10.8. The fourth-order valence-corrected chi connectivity index (χ4v) is 1.90. The minimum atomic E-state index is -0.378. The summed E-state index contributed by atoms with van der Waals surface area (Å²) in [7, 11) is 1.88. The van der Waals surface area contributed by atoms with Crippen molar-refractivity contribution < 1.29 is 4.92 Å². The molecule has 1 N–H and O–H groups in total. The van der Waals surface area contributed by atoms with Crippen LogP contribution in [0.25, 0.3) is 0 Å². The molecule has 1 heterocycles. The van der Waals surface area contributed by atoms with Crippen molar-refractivity contribution in [3.05, 3.63) is 51.8 Å². The Morgan fingerprint density at radius 1 is 1.42 bits per heavy atom. The minimum absolute atomic E-state index is 0.111. The highest BCUT2D eigenvalue weighted by atomic mass is 16.6. The smallest absolute Gasteiger partial charge is 0.271 e. The highest BCUT2D eigenvalue weighted by molar-refractivity contribution is 5.53. The lowest BCUT2D eigenvalue weighted by atomic mass is 10.2. The second kappa shape index (κ2) is 5.51. The van der Waals surface area contributed by atoms with E-state index in [1.165, 1.54) is 0 Å². The zero-order valence-electron chi connectivity index (χ0n) is 11.0. The summed E-state index contributed by atoms with van der Waals surface area (Å²) in [6, 6.07) is 6.96. The van der Waals surface area contributed by atoms with Crippen molar-refractivity contribution in [3.8, 4) is 0 Å². The summed E-state index contributed by atoms with van der Waals surface area (Å²) >= 11 is 0. The Hall–Kier alpha value is -2.37. The van der Waals surface area contributed by atoms with Gasteiger partial charge in [0, 0.05) is 44.0 Å². The summed E-state index contributed by atoms with van der Waals surface area (Å²) < 4.78 is 1.76. The lowest BCUT2D eigenvalue weighted by Gasteiger charge is -2.06. The molecule has 0 aliphatic rings.